The minimum atomic E-state index is -1.54. The SMILES string of the molecule is Nc1ccc(-c2nc(-c3cc(F)c(F)c(F)c3)no2)cc1. The minimum Gasteiger partial charge on any atom is -0.399 e. The van der Waals surface area contributed by atoms with Crippen LogP contribution in [0.4, 0.5) is 18.9 Å². The Bertz CT molecular complexity index is 776. The van der Waals surface area contributed by atoms with E-state index < -0.39 is 17.5 Å². The van der Waals surface area contributed by atoms with Gasteiger partial charge in [0, 0.05) is 16.8 Å². The van der Waals surface area contributed by atoms with Gasteiger partial charge in [0.25, 0.3) is 5.89 Å². The highest BCUT2D eigenvalue weighted by atomic mass is 19.2. The number of aromatic nitrogens is 2. The Balaban J connectivity index is 2.00. The number of nitrogens with two attached hydrogens (primary N) is 1. The van der Waals surface area contributed by atoms with Gasteiger partial charge in [0.05, 0.1) is 0 Å². The molecule has 0 spiro atoms. The molecular weight excluding hydrogens is 283 g/mol. The summed E-state index contributed by atoms with van der Waals surface area (Å²) in [5.74, 6) is -4.05. The van der Waals surface area contributed by atoms with Gasteiger partial charge in [-0.3, -0.25) is 0 Å². The summed E-state index contributed by atoms with van der Waals surface area (Å²) in [5, 5.41) is 3.62. The van der Waals surface area contributed by atoms with E-state index in [2.05, 4.69) is 10.1 Å². The number of hydrogen-bond acceptors (Lipinski definition) is 4. The summed E-state index contributed by atoms with van der Waals surface area (Å²) < 4.78 is 44.3. The molecule has 0 atom stereocenters. The van der Waals surface area contributed by atoms with Gasteiger partial charge < -0.3 is 10.3 Å². The average Bonchev–Trinajstić information content (AvgIpc) is 2.95. The molecule has 0 aliphatic rings. The fraction of sp³-hybridized carbons (Fsp3) is 0. The minimum absolute atomic E-state index is 0.0168. The molecule has 7 heteroatoms. The fourth-order valence-corrected chi connectivity index (χ4v) is 1.77. The van der Waals surface area contributed by atoms with Crippen molar-refractivity contribution in [1.82, 2.24) is 10.1 Å². The van der Waals surface area contributed by atoms with Crippen molar-refractivity contribution in [2.24, 2.45) is 0 Å². The summed E-state index contributed by atoms with van der Waals surface area (Å²) in [5.41, 5.74) is 6.72. The molecule has 3 rings (SSSR count). The first kappa shape index (κ1) is 13.2. The van der Waals surface area contributed by atoms with Crippen molar-refractivity contribution < 1.29 is 17.7 Å². The van der Waals surface area contributed by atoms with Crippen LogP contribution in [0.1, 0.15) is 0 Å². The smallest absolute Gasteiger partial charge is 0.258 e. The lowest BCUT2D eigenvalue weighted by Crippen LogP contribution is -1.92. The molecule has 0 aliphatic carbocycles. The highest BCUT2D eigenvalue weighted by molar-refractivity contribution is 5.61. The molecule has 0 saturated carbocycles. The summed E-state index contributed by atoms with van der Waals surface area (Å²) >= 11 is 0. The first-order valence-corrected chi connectivity index (χ1v) is 5.89. The Morgan fingerprint density at radius 1 is 0.905 bits per heavy atom. The predicted octanol–water partition coefficient (Wildman–Crippen LogP) is 3.40. The normalized spacial score (nSPS) is 10.8. The highest BCUT2D eigenvalue weighted by Gasteiger charge is 2.16. The molecule has 0 radical (unpaired) electrons. The summed E-state index contributed by atoms with van der Waals surface area (Å²) in [6, 6.07) is 8.23. The molecule has 0 saturated heterocycles. The van der Waals surface area contributed by atoms with Crippen LogP contribution in [0.3, 0.4) is 0 Å². The lowest BCUT2D eigenvalue weighted by atomic mass is 10.2. The molecule has 3 aromatic rings. The second-order valence-corrected chi connectivity index (χ2v) is 4.30. The maximum Gasteiger partial charge on any atom is 0.258 e. The van der Waals surface area contributed by atoms with Gasteiger partial charge in [-0.2, -0.15) is 4.98 Å². The van der Waals surface area contributed by atoms with Crippen LogP contribution in [-0.4, -0.2) is 10.1 Å². The zero-order valence-electron chi connectivity index (χ0n) is 10.5. The third kappa shape index (κ3) is 2.45. The standard InChI is InChI=1S/C14H8F3N3O/c15-10-5-8(6-11(16)12(10)17)13-19-14(21-20-13)7-1-3-9(18)4-2-7/h1-6H,18H2. The van der Waals surface area contributed by atoms with E-state index in [4.69, 9.17) is 10.3 Å². The zero-order valence-corrected chi connectivity index (χ0v) is 10.5. The van der Waals surface area contributed by atoms with Crippen molar-refractivity contribution in [2.75, 3.05) is 5.73 Å². The Kier molecular flexibility index (Phi) is 3.09. The van der Waals surface area contributed by atoms with Gasteiger partial charge in [-0.05, 0) is 36.4 Å². The van der Waals surface area contributed by atoms with Crippen molar-refractivity contribution in [3.05, 3.63) is 53.8 Å². The highest BCUT2D eigenvalue weighted by Crippen LogP contribution is 2.25. The van der Waals surface area contributed by atoms with E-state index in [9.17, 15) is 13.2 Å². The van der Waals surface area contributed by atoms with E-state index in [1.54, 1.807) is 24.3 Å². The molecule has 0 aliphatic heterocycles. The number of nitrogen functional groups attached to an aromatic ring is 1. The first-order chi connectivity index (χ1) is 10.0. The molecule has 4 nitrogen and oxygen atoms in total. The van der Waals surface area contributed by atoms with Gasteiger partial charge in [-0.1, -0.05) is 5.16 Å². The molecule has 0 amide bonds. The van der Waals surface area contributed by atoms with Gasteiger partial charge >= 0.3 is 0 Å². The summed E-state index contributed by atoms with van der Waals surface area (Å²) in [6.07, 6.45) is 0. The molecule has 1 aromatic heterocycles. The lowest BCUT2D eigenvalue weighted by Gasteiger charge is -1.98. The molecule has 2 aromatic carbocycles. The van der Waals surface area contributed by atoms with E-state index in [0.29, 0.717) is 11.3 Å². The van der Waals surface area contributed by atoms with Gasteiger partial charge in [0.1, 0.15) is 0 Å². The molecular formula is C14H8F3N3O. The van der Waals surface area contributed by atoms with Crippen molar-refractivity contribution in [2.45, 2.75) is 0 Å². The van der Waals surface area contributed by atoms with Crippen molar-refractivity contribution in [1.29, 1.82) is 0 Å². The molecule has 106 valence electrons. The van der Waals surface area contributed by atoms with Crippen LogP contribution in [0.15, 0.2) is 40.9 Å². The number of benzene rings is 2. The van der Waals surface area contributed by atoms with Gasteiger partial charge in [0.2, 0.25) is 5.82 Å². The van der Waals surface area contributed by atoms with Crippen LogP contribution < -0.4 is 5.73 Å². The summed E-state index contributed by atoms with van der Waals surface area (Å²) in [7, 11) is 0. The largest absolute Gasteiger partial charge is 0.399 e. The zero-order chi connectivity index (χ0) is 15.0. The van der Waals surface area contributed by atoms with E-state index in [1.165, 1.54) is 0 Å². The quantitative estimate of drug-likeness (QED) is 0.580. The van der Waals surface area contributed by atoms with Crippen molar-refractivity contribution >= 4 is 5.69 Å². The number of rotatable bonds is 2. The van der Waals surface area contributed by atoms with E-state index >= 15 is 0 Å². The van der Waals surface area contributed by atoms with Crippen LogP contribution in [0.25, 0.3) is 22.8 Å². The monoisotopic (exact) mass is 291 g/mol. The Hall–Kier alpha value is -2.83. The van der Waals surface area contributed by atoms with Gasteiger partial charge in [0.15, 0.2) is 17.5 Å². The number of nitrogens with zero attached hydrogens (tertiary/aromatic N) is 2. The van der Waals surface area contributed by atoms with Crippen LogP contribution >= 0.6 is 0 Å². The van der Waals surface area contributed by atoms with Crippen molar-refractivity contribution in [3.8, 4) is 22.8 Å². The van der Waals surface area contributed by atoms with Crippen LogP contribution in [0.5, 0.6) is 0 Å². The molecule has 2 N–H and O–H groups in total. The summed E-state index contributed by atoms with van der Waals surface area (Å²) in [4.78, 5) is 4.02. The maximum absolute atomic E-state index is 13.2. The second-order valence-electron chi connectivity index (χ2n) is 4.30. The second kappa shape index (κ2) is 4.93. The van der Waals surface area contributed by atoms with Gasteiger partial charge in [-0.15, -0.1) is 0 Å². The van der Waals surface area contributed by atoms with E-state index in [0.717, 1.165) is 12.1 Å². The van der Waals surface area contributed by atoms with Crippen LogP contribution in [0.2, 0.25) is 0 Å². The number of hydrogen-bond donors (Lipinski definition) is 1. The lowest BCUT2D eigenvalue weighted by molar-refractivity contribution is 0.431. The molecule has 21 heavy (non-hydrogen) atoms. The predicted molar refractivity (Wildman–Crippen MR) is 69.5 cm³/mol. The summed E-state index contributed by atoms with van der Waals surface area (Å²) in [6.45, 7) is 0. The average molecular weight is 291 g/mol. The number of anilines is 1. The van der Waals surface area contributed by atoms with E-state index in [1.807, 2.05) is 0 Å². The van der Waals surface area contributed by atoms with Crippen molar-refractivity contribution in [3.63, 3.8) is 0 Å². The maximum atomic E-state index is 13.2. The van der Waals surface area contributed by atoms with Crippen LogP contribution in [0, 0.1) is 17.5 Å². The Morgan fingerprint density at radius 3 is 2.14 bits per heavy atom. The van der Waals surface area contributed by atoms with Gasteiger partial charge in [-0.25, -0.2) is 13.2 Å². The molecule has 1 heterocycles. The third-order valence-corrected chi connectivity index (χ3v) is 2.83. The Morgan fingerprint density at radius 2 is 1.52 bits per heavy atom. The first-order valence-electron chi connectivity index (χ1n) is 5.89. The van der Waals surface area contributed by atoms with E-state index in [-0.39, 0.29) is 17.3 Å². The topological polar surface area (TPSA) is 64.9 Å². The molecule has 0 bridgehead atoms. The third-order valence-electron chi connectivity index (χ3n) is 2.83. The Labute approximate surface area is 117 Å². The van der Waals surface area contributed by atoms with Crippen LogP contribution in [-0.2, 0) is 0 Å². The molecule has 0 unspecified atom stereocenters. The fourth-order valence-electron chi connectivity index (χ4n) is 1.77. The molecule has 0 fully saturated rings. The number of halogens is 3.